The number of nitrogens with two attached hydrogens (primary N) is 1. The molecule has 106 valence electrons. The zero-order valence-electron chi connectivity index (χ0n) is 10.9. The third kappa shape index (κ3) is 2.83. The fourth-order valence-corrected chi connectivity index (χ4v) is 3.23. The number of sulfone groups is 1. The highest BCUT2D eigenvalue weighted by atomic mass is 32.2. The lowest BCUT2D eigenvalue weighted by Gasteiger charge is -2.06. The maximum atomic E-state index is 12.4. The van der Waals surface area contributed by atoms with Crippen molar-refractivity contribution in [2.75, 3.05) is 19.1 Å². The predicted octanol–water partition coefficient (Wildman–Crippen LogP) is 1.97. The normalized spacial score (nSPS) is 11.3. The van der Waals surface area contributed by atoms with Crippen LogP contribution >= 0.6 is 11.3 Å². The zero-order chi connectivity index (χ0) is 14.9. The topological polar surface area (TPSA) is 86.5 Å². The maximum absolute atomic E-state index is 12.4. The highest BCUT2D eigenvalue weighted by Gasteiger charge is 2.19. The van der Waals surface area contributed by atoms with Gasteiger partial charge in [-0.25, -0.2) is 8.42 Å². The Bertz CT molecular complexity index is 762. The molecule has 0 spiro atoms. The summed E-state index contributed by atoms with van der Waals surface area (Å²) in [5.74, 6) is 0.150. The van der Waals surface area contributed by atoms with Crippen LogP contribution in [0, 0.1) is 0 Å². The number of ketones is 1. The Balaban J connectivity index is 2.53. The molecule has 20 heavy (non-hydrogen) atoms. The van der Waals surface area contributed by atoms with E-state index in [2.05, 4.69) is 0 Å². The van der Waals surface area contributed by atoms with Gasteiger partial charge in [0.1, 0.15) is 10.6 Å². The molecule has 0 unspecified atom stereocenters. The van der Waals surface area contributed by atoms with E-state index in [1.54, 1.807) is 11.4 Å². The van der Waals surface area contributed by atoms with Crippen molar-refractivity contribution in [2.24, 2.45) is 0 Å². The molecule has 1 aromatic carbocycles. The second kappa shape index (κ2) is 5.26. The molecule has 0 atom stereocenters. The van der Waals surface area contributed by atoms with Gasteiger partial charge in [-0.1, -0.05) is 0 Å². The van der Waals surface area contributed by atoms with Crippen LogP contribution in [0.1, 0.15) is 15.2 Å². The molecule has 0 amide bonds. The largest absolute Gasteiger partial charge is 0.495 e. The van der Waals surface area contributed by atoms with Crippen LogP contribution in [0.5, 0.6) is 5.75 Å². The maximum Gasteiger partial charge on any atom is 0.206 e. The lowest BCUT2D eigenvalue weighted by molar-refractivity contribution is 0.104. The molecule has 0 aliphatic rings. The Labute approximate surface area is 120 Å². The van der Waals surface area contributed by atoms with Crippen molar-refractivity contribution in [3.8, 4) is 5.75 Å². The number of ether oxygens (including phenoxy) is 1. The summed E-state index contributed by atoms with van der Waals surface area (Å²) in [5.41, 5.74) is 6.13. The van der Waals surface area contributed by atoms with E-state index >= 15 is 0 Å². The van der Waals surface area contributed by atoms with Crippen LogP contribution in [0.15, 0.2) is 34.5 Å². The quantitative estimate of drug-likeness (QED) is 0.689. The van der Waals surface area contributed by atoms with Crippen molar-refractivity contribution >= 4 is 32.6 Å². The second-order valence-corrected chi connectivity index (χ2v) is 7.14. The molecule has 2 rings (SSSR count). The van der Waals surface area contributed by atoms with Gasteiger partial charge in [-0.05, 0) is 29.6 Å². The van der Waals surface area contributed by atoms with E-state index in [0.29, 0.717) is 10.6 Å². The minimum atomic E-state index is -3.43. The second-order valence-electron chi connectivity index (χ2n) is 4.21. The van der Waals surface area contributed by atoms with Crippen molar-refractivity contribution in [2.45, 2.75) is 4.90 Å². The minimum absolute atomic E-state index is 0.0244. The number of hydrogen-bond acceptors (Lipinski definition) is 6. The first-order valence-corrected chi connectivity index (χ1v) is 8.37. The highest BCUT2D eigenvalue weighted by Crippen LogP contribution is 2.28. The third-order valence-electron chi connectivity index (χ3n) is 2.67. The van der Waals surface area contributed by atoms with E-state index in [1.165, 1.54) is 36.6 Å². The molecule has 2 aromatic rings. The lowest BCUT2D eigenvalue weighted by atomic mass is 10.1. The van der Waals surface area contributed by atoms with Gasteiger partial charge < -0.3 is 10.5 Å². The number of rotatable bonds is 4. The fraction of sp³-hybridized carbons (Fsp3) is 0.154. The van der Waals surface area contributed by atoms with Gasteiger partial charge in [-0.3, -0.25) is 4.79 Å². The van der Waals surface area contributed by atoms with Gasteiger partial charge in [0, 0.05) is 17.5 Å². The van der Waals surface area contributed by atoms with Gasteiger partial charge in [0.2, 0.25) is 5.78 Å². The van der Waals surface area contributed by atoms with Crippen molar-refractivity contribution in [3.05, 3.63) is 40.1 Å². The summed E-state index contributed by atoms with van der Waals surface area (Å²) >= 11 is 1.23. The van der Waals surface area contributed by atoms with Crippen LogP contribution in [-0.4, -0.2) is 27.6 Å². The molecule has 2 N–H and O–H groups in total. The predicted molar refractivity (Wildman–Crippen MR) is 78.3 cm³/mol. The molecular formula is C13H13NO4S2. The summed E-state index contributed by atoms with van der Waals surface area (Å²) < 4.78 is 28.3. The van der Waals surface area contributed by atoms with Gasteiger partial charge in [0.25, 0.3) is 0 Å². The van der Waals surface area contributed by atoms with Crippen molar-refractivity contribution in [1.82, 2.24) is 0 Å². The van der Waals surface area contributed by atoms with Crippen molar-refractivity contribution in [3.63, 3.8) is 0 Å². The number of anilines is 1. The third-order valence-corrected chi connectivity index (χ3v) is 4.66. The first-order valence-electron chi connectivity index (χ1n) is 5.59. The number of carbonyl (C=O) groups excluding carboxylic acids is 1. The number of carbonyl (C=O) groups is 1. The molecule has 0 fully saturated rings. The Kier molecular flexibility index (Phi) is 3.82. The fourth-order valence-electron chi connectivity index (χ4n) is 1.72. The summed E-state index contributed by atoms with van der Waals surface area (Å²) in [6, 6.07) is 5.79. The monoisotopic (exact) mass is 311 g/mol. The molecular weight excluding hydrogens is 298 g/mol. The smallest absolute Gasteiger partial charge is 0.206 e. The molecule has 0 aliphatic heterocycles. The highest BCUT2D eigenvalue weighted by molar-refractivity contribution is 7.90. The van der Waals surface area contributed by atoms with E-state index in [0.717, 1.165) is 6.26 Å². The summed E-state index contributed by atoms with van der Waals surface area (Å²) in [6.45, 7) is 0. The van der Waals surface area contributed by atoms with E-state index in [4.69, 9.17) is 10.5 Å². The number of methoxy groups -OCH3 is 1. The van der Waals surface area contributed by atoms with Gasteiger partial charge in [-0.2, -0.15) is 0 Å². The van der Waals surface area contributed by atoms with Crippen LogP contribution in [0.2, 0.25) is 0 Å². The summed E-state index contributed by atoms with van der Waals surface area (Å²) in [4.78, 5) is 12.8. The first-order chi connectivity index (χ1) is 9.32. The standard InChI is InChI=1S/C13H13NO4S2/c1-18-11-3-4-19-13(11)12(15)8-5-9(14)7-10(6-8)20(2,16)17/h3-7H,14H2,1-2H3. The molecule has 7 heteroatoms. The van der Waals surface area contributed by atoms with Crippen LogP contribution in [0.25, 0.3) is 0 Å². The number of thiophene rings is 1. The summed E-state index contributed by atoms with van der Waals surface area (Å²) in [7, 11) is -1.95. The van der Waals surface area contributed by atoms with Gasteiger partial charge in [0.05, 0.1) is 12.0 Å². The van der Waals surface area contributed by atoms with E-state index in [9.17, 15) is 13.2 Å². The van der Waals surface area contributed by atoms with Crippen molar-refractivity contribution < 1.29 is 17.9 Å². The number of nitrogen functional groups attached to an aromatic ring is 1. The molecule has 0 aliphatic carbocycles. The molecule has 5 nitrogen and oxygen atoms in total. The molecule has 1 heterocycles. The zero-order valence-corrected chi connectivity index (χ0v) is 12.5. The van der Waals surface area contributed by atoms with Crippen LogP contribution in [0.3, 0.4) is 0 Å². The van der Waals surface area contributed by atoms with Gasteiger partial charge >= 0.3 is 0 Å². The van der Waals surface area contributed by atoms with Gasteiger partial charge in [-0.15, -0.1) is 11.3 Å². The SMILES string of the molecule is COc1ccsc1C(=O)c1cc(N)cc(S(C)(=O)=O)c1. The number of benzene rings is 1. The van der Waals surface area contributed by atoms with Crippen LogP contribution in [-0.2, 0) is 9.84 Å². The Morgan fingerprint density at radius 2 is 2.00 bits per heavy atom. The summed E-state index contributed by atoms with van der Waals surface area (Å²) in [6.07, 6.45) is 1.07. The van der Waals surface area contributed by atoms with E-state index in [1.807, 2.05) is 0 Å². The molecule has 0 saturated carbocycles. The molecule has 0 saturated heterocycles. The lowest BCUT2D eigenvalue weighted by Crippen LogP contribution is -2.05. The van der Waals surface area contributed by atoms with Crippen LogP contribution in [0.4, 0.5) is 5.69 Å². The molecule has 0 bridgehead atoms. The minimum Gasteiger partial charge on any atom is -0.495 e. The van der Waals surface area contributed by atoms with Gasteiger partial charge in [0.15, 0.2) is 9.84 Å². The Morgan fingerprint density at radius 3 is 2.60 bits per heavy atom. The first kappa shape index (κ1) is 14.5. The summed E-state index contributed by atoms with van der Waals surface area (Å²) in [5, 5.41) is 1.73. The van der Waals surface area contributed by atoms with E-state index < -0.39 is 9.84 Å². The van der Waals surface area contributed by atoms with E-state index in [-0.39, 0.29) is 21.9 Å². The molecule has 1 aromatic heterocycles. The average molecular weight is 311 g/mol. The number of hydrogen-bond donors (Lipinski definition) is 1. The Morgan fingerprint density at radius 1 is 1.30 bits per heavy atom. The average Bonchev–Trinajstić information content (AvgIpc) is 2.84. The molecule has 0 radical (unpaired) electrons. The van der Waals surface area contributed by atoms with Crippen molar-refractivity contribution in [1.29, 1.82) is 0 Å². The van der Waals surface area contributed by atoms with Crippen LogP contribution < -0.4 is 10.5 Å². The Hall–Kier alpha value is -1.86.